The maximum atomic E-state index is 11.6. The summed E-state index contributed by atoms with van der Waals surface area (Å²) >= 11 is 0. The third-order valence-electron chi connectivity index (χ3n) is 2.78. The van der Waals surface area contributed by atoms with Crippen molar-refractivity contribution >= 4 is 5.91 Å². The lowest BCUT2D eigenvalue weighted by atomic mass is 10.1. The van der Waals surface area contributed by atoms with Crippen molar-refractivity contribution in [3.05, 3.63) is 23.2 Å². The molecule has 0 aromatic carbocycles. The van der Waals surface area contributed by atoms with Gasteiger partial charge in [-0.2, -0.15) is 0 Å². The third kappa shape index (κ3) is 4.23. The Balaban J connectivity index is 2.46. The van der Waals surface area contributed by atoms with Crippen LogP contribution >= 0.6 is 0 Å². The molecule has 0 spiro atoms. The third-order valence-corrected chi connectivity index (χ3v) is 2.78. The molecule has 0 aliphatic rings. The summed E-state index contributed by atoms with van der Waals surface area (Å²) in [6.07, 6.45) is 2.28. The highest BCUT2D eigenvalue weighted by Crippen LogP contribution is 2.21. The fourth-order valence-corrected chi connectivity index (χ4v) is 1.90. The van der Waals surface area contributed by atoms with Gasteiger partial charge >= 0.3 is 0 Å². The van der Waals surface area contributed by atoms with Crippen LogP contribution in [-0.2, 0) is 4.79 Å². The number of aryl methyl sites for hydroxylation is 2. The Hall–Kier alpha value is -1.29. The molecule has 96 valence electrons. The molecule has 1 atom stereocenters. The van der Waals surface area contributed by atoms with Crippen LogP contribution in [-0.4, -0.2) is 12.5 Å². The van der Waals surface area contributed by atoms with Crippen LogP contribution in [0.1, 0.15) is 49.3 Å². The fourth-order valence-electron chi connectivity index (χ4n) is 1.90. The minimum atomic E-state index is -0.00201. The molecule has 1 heterocycles. The molecule has 0 aliphatic carbocycles. The smallest absolute Gasteiger partial charge is 0.220 e. The van der Waals surface area contributed by atoms with Gasteiger partial charge in [0, 0.05) is 12.0 Å². The Bertz CT molecular complexity index is 371. The second kappa shape index (κ2) is 6.45. The fraction of sp³-hybridized carbons (Fsp3) is 0.615. The van der Waals surface area contributed by atoms with Crippen molar-refractivity contribution in [2.75, 3.05) is 6.54 Å². The Morgan fingerprint density at radius 1 is 1.47 bits per heavy atom. The average molecular weight is 238 g/mol. The van der Waals surface area contributed by atoms with Crippen molar-refractivity contribution in [1.29, 1.82) is 0 Å². The second-order valence-electron chi connectivity index (χ2n) is 4.40. The molecule has 1 amide bonds. The van der Waals surface area contributed by atoms with Crippen LogP contribution in [0, 0.1) is 13.8 Å². The summed E-state index contributed by atoms with van der Waals surface area (Å²) in [4.78, 5) is 11.6. The molecular formula is C13H22N2O2. The molecule has 0 fully saturated rings. The lowest BCUT2D eigenvalue weighted by Crippen LogP contribution is -2.26. The van der Waals surface area contributed by atoms with Gasteiger partial charge in [-0.05, 0) is 46.2 Å². The van der Waals surface area contributed by atoms with Crippen LogP contribution in [0.15, 0.2) is 10.5 Å². The predicted octanol–water partition coefficient (Wildman–Crippen LogP) is 2.20. The van der Waals surface area contributed by atoms with Gasteiger partial charge in [-0.15, -0.1) is 0 Å². The number of carbonyl (C=O) groups is 1. The van der Waals surface area contributed by atoms with Crippen LogP contribution < -0.4 is 11.1 Å². The van der Waals surface area contributed by atoms with E-state index < -0.39 is 0 Å². The van der Waals surface area contributed by atoms with E-state index in [0.29, 0.717) is 13.0 Å². The summed E-state index contributed by atoms with van der Waals surface area (Å²) in [5.41, 5.74) is 6.44. The summed E-state index contributed by atoms with van der Waals surface area (Å²) in [5.74, 6) is 1.82. The molecular weight excluding hydrogens is 216 g/mol. The number of hydrogen-bond donors (Lipinski definition) is 2. The molecule has 1 unspecified atom stereocenters. The quantitative estimate of drug-likeness (QED) is 0.746. The van der Waals surface area contributed by atoms with E-state index in [-0.39, 0.29) is 11.9 Å². The van der Waals surface area contributed by atoms with E-state index in [0.717, 1.165) is 29.9 Å². The van der Waals surface area contributed by atoms with Gasteiger partial charge in [-0.25, -0.2) is 0 Å². The minimum Gasteiger partial charge on any atom is -0.466 e. The number of unbranched alkanes of at least 4 members (excludes halogenated alkanes) is 1. The standard InChI is InChI=1S/C13H22N2O2/c1-9-8-12(11(3)17-9)10(2)15-13(16)6-4-5-7-14/h8,10H,4-7,14H2,1-3H3,(H,15,16). The number of amides is 1. The maximum absolute atomic E-state index is 11.6. The first-order valence-electron chi connectivity index (χ1n) is 6.11. The molecule has 0 bridgehead atoms. The number of rotatable bonds is 6. The largest absolute Gasteiger partial charge is 0.466 e. The van der Waals surface area contributed by atoms with Gasteiger partial charge in [-0.3, -0.25) is 4.79 Å². The molecule has 1 aromatic heterocycles. The van der Waals surface area contributed by atoms with Gasteiger partial charge in [0.05, 0.1) is 6.04 Å². The van der Waals surface area contributed by atoms with Gasteiger partial charge in [0.2, 0.25) is 5.91 Å². The molecule has 4 heteroatoms. The topological polar surface area (TPSA) is 68.3 Å². The monoisotopic (exact) mass is 238 g/mol. The zero-order chi connectivity index (χ0) is 12.8. The van der Waals surface area contributed by atoms with Crippen LogP contribution in [0.25, 0.3) is 0 Å². The molecule has 0 saturated carbocycles. The van der Waals surface area contributed by atoms with Gasteiger partial charge in [0.15, 0.2) is 0 Å². The maximum Gasteiger partial charge on any atom is 0.220 e. The number of carbonyl (C=O) groups excluding carboxylic acids is 1. The summed E-state index contributed by atoms with van der Waals surface area (Å²) in [6, 6.07) is 1.97. The Labute approximate surface area is 103 Å². The van der Waals surface area contributed by atoms with E-state index >= 15 is 0 Å². The van der Waals surface area contributed by atoms with Gasteiger partial charge in [0.1, 0.15) is 11.5 Å². The van der Waals surface area contributed by atoms with E-state index in [1.165, 1.54) is 0 Å². The Kier molecular flexibility index (Phi) is 5.22. The van der Waals surface area contributed by atoms with Crippen molar-refractivity contribution in [2.45, 2.75) is 46.1 Å². The normalized spacial score (nSPS) is 12.5. The molecule has 0 saturated heterocycles. The first kappa shape index (κ1) is 13.8. The molecule has 0 radical (unpaired) electrons. The summed E-state index contributed by atoms with van der Waals surface area (Å²) in [6.45, 7) is 6.44. The lowest BCUT2D eigenvalue weighted by molar-refractivity contribution is -0.121. The Morgan fingerprint density at radius 2 is 2.18 bits per heavy atom. The van der Waals surface area contributed by atoms with Crippen LogP contribution in [0.3, 0.4) is 0 Å². The second-order valence-corrected chi connectivity index (χ2v) is 4.40. The Morgan fingerprint density at radius 3 is 2.71 bits per heavy atom. The van der Waals surface area contributed by atoms with E-state index in [4.69, 9.17) is 10.2 Å². The van der Waals surface area contributed by atoms with Gasteiger partial charge < -0.3 is 15.5 Å². The van der Waals surface area contributed by atoms with Crippen LogP contribution in [0.5, 0.6) is 0 Å². The highest BCUT2D eigenvalue weighted by molar-refractivity contribution is 5.76. The van der Waals surface area contributed by atoms with Crippen molar-refractivity contribution in [3.8, 4) is 0 Å². The van der Waals surface area contributed by atoms with Crippen molar-refractivity contribution < 1.29 is 9.21 Å². The van der Waals surface area contributed by atoms with Gasteiger partial charge in [0.25, 0.3) is 0 Å². The van der Waals surface area contributed by atoms with Crippen molar-refractivity contribution in [3.63, 3.8) is 0 Å². The molecule has 0 aliphatic heterocycles. The van der Waals surface area contributed by atoms with E-state index in [1.807, 2.05) is 26.8 Å². The number of nitrogens with two attached hydrogens (primary N) is 1. The summed E-state index contributed by atoms with van der Waals surface area (Å²) < 4.78 is 5.45. The zero-order valence-corrected chi connectivity index (χ0v) is 10.9. The number of hydrogen-bond acceptors (Lipinski definition) is 3. The number of furan rings is 1. The van der Waals surface area contributed by atoms with Crippen LogP contribution in [0.4, 0.5) is 0 Å². The number of nitrogens with one attached hydrogen (secondary N) is 1. The van der Waals surface area contributed by atoms with Crippen molar-refractivity contribution in [1.82, 2.24) is 5.32 Å². The van der Waals surface area contributed by atoms with Gasteiger partial charge in [-0.1, -0.05) is 0 Å². The SMILES string of the molecule is Cc1cc(C(C)NC(=O)CCCCN)c(C)o1. The first-order chi connectivity index (χ1) is 8.04. The van der Waals surface area contributed by atoms with E-state index in [1.54, 1.807) is 0 Å². The van der Waals surface area contributed by atoms with Crippen molar-refractivity contribution in [2.24, 2.45) is 5.73 Å². The summed E-state index contributed by atoms with van der Waals surface area (Å²) in [7, 11) is 0. The lowest BCUT2D eigenvalue weighted by Gasteiger charge is -2.13. The average Bonchev–Trinajstić information content (AvgIpc) is 2.58. The first-order valence-corrected chi connectivity index (χ1v) is 6.11. The highest BCUT2D eigenvalue weighted by Gasteiger charge is 2.14. The van der Waals surface area contributed by atoms with E-state index in [2.05, 4.69) is 5.32 Å². The molecule has 3 N–H and O–H groups in total. The van der Waals surface area contributed by atoms with Crippen LogP contribution in [0.2, 0.25) is 0 Å². The molecule has 17 heavy (non-hydrogen) atoms. The zero-order valence-electron chi connectivity index (χ0n) is 10.9. The predicted molar refractivity (Wildman–Crippen MR) is 67.6 cm³/mol. The van der Waals surface area contributed by atoms with E-state index in [9.17, 15) is 4.79 Å². The minimum absolute atomic E-state index is 0.00201. The molecule has 1 aromatic rings. The molecule has 4 nitrogen and oxygen atoms in total. The summed E-state index contributed by atoms with van der Waals surface area (Å²) in [5, 5.41) is 2.97. The molecule has 1 rings (SSSR count). The highest BCUT2D eigenvalue weighted by atomic mass is 16.3.